The largest absolute Gasteiger partial charge is 0.313 e. The van der Waals surface area contributed by atoms with Gasteiger partial charge in [-0.05, 0) is 57.7 Å². The zero-order valence-corrected chi connectivity index (χ0v) is 13.2. The summed E-state index contributed by atoms with van der Waals surface area (Å²) in [5.74, 6) is 0. The van der Waals surface area contributed by atoms with E-state index in [0.29, 0.717) is 0 Å². The van der Waals surface area contributed by atoms with Gasteiger partial charge >= 0.3 is 0 Å². The first-order chi connectivity index (χ1) is 9.69. The minimum atomic E-state index is 0.770. The molecule has 0 aliphatic carbocycles. The molecule has 0 aromatic heterocycles. The summed E-state index contributed by atoms with van der Waals surface area (Å²) < 4.78 is 0. The molecule has 1 saturated heterocycles. The molecule has 112 valence electrons. The first kappa shape index (κ1) is 15.5. The maximum atomic E-state index is 3.39. The summed E-state index contributed by atoms with van der Waals surface area (Å²) in [5, 5.41) is 3.39. The van der Waals surface area contributed by atoms with E-state index in [4.69, 9.17) is 0 Å². The van der Waals surface area contributed by atoms with Gasteiger partial charge < -0.3 is 10.2 Å². The molecule has 2 rings (SSSR count). The predicted octanol–water partition coefficient (Wildman–Crippen LogP) is 2.32. The van der Waals surface area contributed by atoms with Gasteiger partial charge in [0, 0.05) is 19.1 Å². The maximum Gasteiger partial charge on any atom is 0.0233 e. The van der Waals surface area contributed by atoms with E-state index < -0.39 is 0 Å². The molecule has 0 radical (unpaired) electrons. The van der Waals surface area contributed by atoms with Crippen molar-refractivity contribution >= 4 is 0 Å². The lowest BCUT2D eigenvalue weighted by atomic mass is 10.0. The van der Waals surface area contributed by atoms with Crippen molar-refractivity contribution in [2.75, 3.05) is 33.7 Å². The molecule has 1 N–H and O–H groups in total. The van der Waals surface area contributed by atoms with Crippen LogP contribution >= 0.6 is 0 Å². The van der Waals surface area contributed by atoms with Crippen LogP contribution in [0.5, 0.6) is 0 Å². The second-order valence-electron chi connectivity index (χ2n) is 6.07. The van der Waals surface area contributed by atoms with Gasteiger partial charge in [0.2, 0.25) is 0 Å². The van der Waals surface area contributed by atoms with Crippen molar-refractivity contribution in [3.8, 4) is 0 Å². The number of likely N-dealkylation sites (tertiary alicyclic amines) is 1. The van der Waals surface area contributed by atoms with Crippen molar-refractivity contribution in [3.63, 3.8) is 0 Å². The SMILES string of the molecule is CCNCc1cccc(CN2CCC(N(C)C)CC2)c1. The van der Waals surface area contributed by atoms with Gasteiger partial charge in [0.25, 0.3) is 0 Å². The molecule has 1 fully saturated rings. The molecule has 0 bridgehead atoms. The number of rotatable bonds is 6. The lowest BCUT2D eigenvalue weighted by Gasteiger charge is -2.35. The lowest BCUT2D eigenvalue weighted by Crippen LogP contribution is -2.41. The number of nitrogens with zero attached hydrogens (tertiary/aromatic N) is 2. The van der Waals surface area contributed by atoms with Crippen LogP contribution in [0.25, 0.3) is 0 Å². The highest BCUT2D eigenvalue weighted by Gasteiger charge is 2.20. The molecule has 20 heavy (non-hydrogen) atoms. The number of piperidine rings is 1. The van der Waals surface area contributed by atoms with E-state index in [2.05, 4.69) is 60.4 Å². The summed E-state index contributed by atoms with van der Waals surface area (Å²) in [6.45, 7) is 7.70. The molecular formula is C17H29N3. The summed E-state index contributed by atoms with van der Waals surface area (Å²) >= 11 is 0. The third kappa shape index (κ3) is 4.58. The van der Waals surface area contributed by atoms with Crippen LogP contribution in [0.3, 0.4) is 0 Å². The fraction of sp³-hybridized carbons (Fsp3) is 0.647. The fourth-order valence-corrected chi connectivity index (χ4v) is 2.96. The third-order valence-electron chi connectivity index (χ3n) is 4.26. The van der Waals surface area contributed by atoms with Crippen LogP contribution in [0.4, 0.5) is 0 Å². The summed E-state index contributed by atoms with van der Waals surface area (Å²) in [7, 11) is 4.40. The first-order valence-corrected chi connectivity index (χ1v) is 7.86. The highest BCUT2D eigenvalue weighted by atomic mass is 15.2. The molecule has 0 unspecified atom stereocenters. The molecule has 1 aromatic rings. The van der Waals surface area contributed by atoms with Crippen LogP contribution in [-0.2, 0) is 13.1 Å². The van der Waals surface area contributed by atoms with Crippen molar-refractivity contribution in [2.45, 2.75) is 38.9 Å². The smallest absolute Gasteiger partial charge is 0.0233 e. The van der Waals surface area contributed by atoms with Crippen LogP contribution in [0, 0.1) is 0 Å². The fourth-order valence-electron chi connectivity index (χ4n) is 2.96. The molecule has 3 heteroatoms. The second-order valence-corrected chi connectivity index (χ2v) is 6.07. The Morgan fingerprint density at radius 2 is 1.90 bits per heavy atom. The van der Waals surface area contributed by atoms with Crippen LogP contribution in [-0.4, -0.2) is 49.6 Å². The van der Waals surface area contributed by atoms with Gasteiger partial charge in [-0.2, -0.15) is 0 Å². The molecule has 0 atom stereocenters. The molecule has 0 saturated carbocycles. The Balaban J connectivity index is 1.84. The molecule has 0 amide bonds. The van der Waals surface area contributed by atoms with Crippen LogP contribution in [0.1, 0.15) is 30.9 Å². The average molecular weight is 275 g/mol. The Kier molecular flexibility index (Phi) is 6.02. The number of hydrogen-bond donors (Lipinski definition) is 1. The van der Waals surface area contributed by atoms with Gasteiger partial charge in [-0.15, -0.1) is 0 Å². The summed E-state index contributed by atoms with van der Waals surface area (Å²) in [4.78, 5) is 4.96. The monoisotopic (exact) mass is 275 g/mol. The van der Waals surface area contributed by atoms with Gasteiger partial charge in [-0.25, -0.2) is 0 Å². The topological polar surface area (TPSA) is 18.5 Å². The second kappa shape index (κ2) is 7.77. The molecule has 1 aliphatic heterocycles. The van der Waals surface area contributed by atoms with Crippen molar-refractivity contribution < 1.29 is 0 Å². The summed E-state index contributed by atoms with van der Waals surface area (Å²) in [6, 6.07) is 9.78. The molecule has 1 aliphatic rings. The zero-order valence-electron chi connectivity index (χ0n) is 13.2. The van der Waals surface area contributed by atoms with Crippen LogP contribution in [0.15, 0.2) is 24.3 Å². The van der Waals surface area contributed by atoms with Crippen molar-refractivity contribution in [1.29, 1.82) is 0 Å². The molecule has 0 spiro atoms. The standard InChI is InChI=1S/C17H29N3/c1-4-18-13-15-6-5-7-16(12-15)14-20-10-8-17(9-11-20)19(2)3/h5-7,12,17-18H,4,8-11,13-14H2,1-3H3. The summed E-state index contributed by atoms with van der Waals surface area (Å²) in [5.41, 5.74) is 2.84. The third-order valence-corrected chi connectivity index (χ3v) is 4.26. The Morgan fingerprint density at radius 1 is 1.20 bits per heavy atom. The zero-order chi connectivity index (χ0) is 14.4. The van der Waals surface area contributed by atoms with E-state index in [-0.39, 0.29) is 0 Å². The van der Waals surface area contributed by atoms with Crippen LogP contribution < -0.4 is 5.32 Å². The van der Waals surface area contributed by atoms with Gasteiger partial charge in [-0.3, -0.25) is 4.90 Å². The highest BCUT2D eigenvalue weighted by Crippen LogP contribution is 2.17. The van der Waals surface area contributed by atoms with E-state index in [1.54, 1.807) is 0 Å². The Bertz CT molecular complexity index is 395. The minimum absolute atomic E-state index is 0.770. The maximum absolute atomic E-state index is 3.39. The Hall–Kier alpha value is -0.900. The van der Waals surface area contributed by atoms with Crippen molar-refractivity contribution in [1.82, 2.24) is 15.1 Å². The Labute approximate surface area is 124 Å². The van der Waals surface area contributed by atoms with Gasteiger partial charge in [0.1, 0.15) is 0 Å². The predicted molar refractivity (Wildman–Crippen MR) is 85.8 cm³/mol. The van der Waals surface area contributed by atoms with E-state index >= 15 is 0 Å². The molecular weight excluding hydrogens is 246 g/mol. The van der Waals surface area contributed by atoms with Gasteiger partial charge in [0.15, 0.2) is 0 Å². The number of nitrogens with one attached hydrogen (secondary N) is 1. The average Bonchev–Trinajstić information content (AvgIpc) is 2.46. The molecule has 3 nitrogen and oxygen atoms in total. The molecule has 1 aromatic carbocycles. The number of benzene rings is 1. The normalized spacial score (nSPS) is 17.8. The van der Waals surface area contributed by atoms with E-state index in [0.717, 1.165) is 25.7 Å². The van der Waals surface area contributed by atoms with Gasteiger partial charge in [0.05, 0.1) is 0 Å². The van der Waals surface area contributed by atoms with Crippen molar-refractivity contribution in [3.05, 3.63) is 35.4 Å². The van der Waals surface area contributed by atoms with E-state index in [1.165, 1.54) is 37.1 Å². The number of hydrogen-bond acceptors (Lipinski definition) is 3. The molecule has 1 heterocycles. The lowest BCUT2D eigenvalue weighted by molar-refractivity contribution is 0.140. The summed E-state index contributed by atoms with van der Waals surface area (Å²) in [6.07, 6.45) is 2.59. The Morgan fingerprint density at radius 3 is 2.55 bits per heavy atom. The highest BCUT2D eigenvalue weighted by molar-refractivity contribution is 5.23. The van der Waals surface area contributed by atoms with Gasteiger partial charge in [-0.1, -0.05) is 31.2 Å². The quantitative estimate of drug-likeness (QED) is 0.859. The van der Waals surface area contributed by atoms with E-state index in [9.17, 15) is 0 Å². The van der Waals surface area contributed by atoms with Crippen LogP contribution in [0.2, 0.25) is 0 Å². The minimum Gasteiger partial charge on any atom is -0.313 e. The van der Waals surface area contributed by atoms with Crippen molar-refractivity contribution in [2.24, 2.45) is 0 Å². The van der Waals surface area contributed by atoms with E-state index in [1.807, 2.05) is 0 Å². The first-order valence-electron chi connectivity index (χ1n) is 7.86.